The Kier molecular flexibility index (Phi) is 1.83. The molecule has 2 aliphatic rings. The maximum absolute atomic E-state index is 5.27. The van der Waals surface area contributed by atoms with Crippen molar-refractivity contribution in [1.29, 1.82) is 0 Å². The minimum atomic E-state index is 0.310. The van der Waals surface area contributed by atoms with Crippen LogP contribution in [0.1, 0.15) is 49.9 Å². The Labute approximate surface area is 83.1 Å². The molecule has 4 nitrogen and oxygen atoms in total. The maximum Gasteiger partial charge on any atom is 0.243 e. The van der Waals surface area contributed by atoms with Crippen LogP contribution in [0.4, 0.5) is 0 Å². The van der Waals surface area contributed by atoms with E-state index in [1.807, 2.05) is 0 Å². The van der Waals surface area contributed by atoms with Gasteiger partial charge in [-0.25, -0.2) is 0 Å². The average molecular weight is 193 g/mol. The third-order valence-corrected chi connectivity index (χ3v) is 3.26. The Bertz CT molecular complexity index is 330. The van der Waals surface area contributed by atoms with Crippen LogP contribution in [-0.2, 0) is 0 Å². The van der Waals surface area contributed by atoms with Gasteiger partial charge in [0.05, 0.1) is 6.04 Å². The minimum Gasteiger partial charge on any atom is -0.338 e. The highest BCUT2D eigenvalue weighted by Gasteiger charge is 2.38. The highest BCUT2D eigenvalue weighted by atomic mass is 16.5. The van der Waals surface area contributed by atoms with Crippen molar-refractivity contribution in [2.75, 3.05) is 6.54 Å². The average Bonchev–Trinajstić information content (AvgIpc) is 2.72. The molecule has 1 saturated heterocycles. The lowest BCUT2D eigenvalue weighted by Crippen LogP contribution is -2.13. The summed E-state index contributed by atoms with van der Waals surface area (Å²) in [5, 5.41) is 7.41. The molecule has 14 heavy (non-hydrogen) atoms. The summed E-state index contributed by atoms with van der Waals surface area (Å²) in [7, 11) is 0. The molecule has 4 heteroatoms. The molecule has 2 fully saturated rings. The summed E-state index contributed by atoms with van der Waals surface area (Å²) in [4.78, 5) is 4.46. The van der Waals surface area contributed by atoms with Gasteiger partial charge in [0, 0.05) is 5.92 Å². The molecule has 1 N–H and O–H groups in total. The van der Waals surface area contributed by atoms with Gasteiger partial charge in [0.25, 0.3) is 0 Å². The zero-order valence-corrected chi connectivity index (χ0v) is 8.36. The summed E-state index contributed by atoms with van der Waals surface area (Å²) in [6.07, 6.45) is 3.56. The molecule has 0 spiro atoms. The minimum absolute atomic E-state index is 0.310. The Morgan fingerprint density at radius 1 is 1.50 bits per heavy atom. The topological polar surface area (TPSA) is 51.0 Å². The molecule has 2 unspecified atom stereocenters. The number of rotatable bonds is 2. The summed E-state index contributed by atoms with van der Waals surface area (Å²) in [6.45, 7) is 3.30. The molecule has 1 aromatic heterocycles. The fraction of sp³-hybridized carbons (Fsp3) is 0.800. The van der Waals surface area contributed by atoms with E-state index in [1.54, 1.807) is 0 Å². The number of hydrogen-bond donors (Lipinski definition) is 1. The van der Waals surface area contributed by atoms with Gasteiger partial charge in [-0.1, -0.05) is 12.1 Å². The first kappa shape index (κ1) is 8.41. The quantitative estimate of drug-likeness (QED) is 0.775. The van der Waals surface area contributed by atoms with Crippen molar-refractivity contribution in [1.82, 2.24) is 15.5 Å². The standard InChI is InChI=1S/C10H15N3O/c1-6-5-7(6)9-12-10(14-13-9)8-3-2-4-11-8/h6-8,11H,2-5H2,1H3/t6?,7?,8-/m0/s1. The molecule has 1 aromatic rings. The summed E-state index contributed by atoms with van der Waals surface area (Å²) in [5.74, 6) is 3.02. The molecule has 0 bridgehead atoms. The van der Waals surface area contributed by atoms with Crippen LogP contribution >= 0.6 is 0 Å². The van der Waals surface area contributed by atoms with Gasteiger partial charge in [-0.2, -0.15) is 4.98 Å². The Morgan fingerprint density at radius 2 is 2.36 bits per heavy atom. The van der Waals surface area contributed by atoms with Crippen molar-refractivity contribution < 1.29 is 4.52 Å². The highest BCUT2D eigenvalue weighted by Crippen LogP contribution is 2.45. The van der Waals surface area contributed by atoms with Gasteiger partial charge in [-0.15, -0.1) is 0 Å². The van der Waals surface area contributed by atoms with Crippen LogP contribution in [0.3, 0.4) is 0 Å². The molecule has 1 saturated carbocycles. The van der Waals surface area contributed by atoms with Crippen molar-refractivity contribution in [3.8, 4) is 0 Å². The normalized spacial score (nSPS) is 36.2. The monoisotopic (exact) mass is 193 g/mol. The third-order valence-electron chi connectivity index (χ3n) is 3.26. The molecule has 2 heterocycles. The van der Waals surface area contributed by atoms with E-state index >= 15 is 0 Å². The molecule has 0 amide bonds. The molecule has 0 radical (unpaired) electrons. The fourth-order valence-corrected chi connectivity index (χ4v) is 2.12. The SMILES string of the molecule is CC1CC1c1noc([C@@H]2CCCN2)n1. The van der Waals surface area contributed by atoms with Gasteiger partial charge < -0.3 is 9.84 Å². The van der Waals surface area contributed by atoms with Crippen LogP contribution in [0.5, 0.6) is 0 Å². The molecule has 1 aliphatic carbocycles. The lowest BCUT2D eigenvalue weighted by atomic mass is 10.2. The van der Waals surface area contributed by atoms with Crippen molar-refractivity contribution >= 4 is 0 Å². The van der Waals surface area contributed by atoms with Crippen molar-refractivity contribution in [3.05, 3.63) is 11.7 Å². The van der Waals surface area contributed by atoms with E-state index in [0.717, 1.165) is 30.6 Å². The van der Waals surface area contributed by atoms with E-state index in [-0.39, 0.29) is 0 Å². The first-order valence-corrected chi connectivity index (χ1v) is 5.41. The van der Waals surface area contributed by atoms with Crippen LogP contribution in [-0.4, -0.2) is 16.7 Å². The van der Waals surface area contributed by atoms with E-state index in [9.17, 15) is 0 Å². The van der Waals surface area contributed by atoms with Crippen LogP contribution in [0.25, 0.3) is 0 Å². The second kappa shape index (κ2) is 3.05. The van der Waals surface area contributed by atoms with E-state index in [0.29, 0.717) is 12.0 Å². The second-order valence-corrected chi connectivity index (χ2v) is 4.46. The Morgan fingerprint density at radius 3 is 3.00 bits per heavy atom. The van der Waals surface area contributed by atoms with Gasteiger partial charge in [0.15, 0.2) is 5.82 Å². The van der Waals surface area contributed by atoms with Gasteiger partial charge in [-0.05, 0) is 31.7 Å². The van der Waals surface area contributed by atoms with Crippen molar-refractivity contribution in [2.24, 2.45) is 5.92 Å². The van der Waals surface area contributed by atoms with E-state index in [4.69, 9.17) is 4.52 Å². The molecule has 76 valence electrons. The molecule has 3 atom stereocenters. The van der Waals surface area contributed by atoms with E-state index < -0.39 is 0 Å². The van der Waals surface area contributed by atoms with Gasteiger partial charge >= 0.3 is 0 Å². The molecule has 3 rings (SSSR count). The van der Waals surface area contributed by atoms with Crippen LogP contribution in [0.15, 0.2) is 4.52 Å². The lowest BCUT2D eigenvalue weighted by molar-refractivity contribution is 0.341. The predicted molar refractivity (Wildman–Crippen MR) is 50.8 cm³/mol. The van der Waals surface area contributed by atoms with Crippen LogP contribution < -0.4 is 5.32 Å². The highest BCUT2D eigenvalue weighted by molar-refractivity contribution is 5.08. The lowest BCUT2D eigenvalue weighted by Gasteiger charge is -2.01. The predicted octanol–water partition coefficient (Wildman–Crippen LogP) is 1.62. The Hall–Kier alpha value is -0.900. The zero-order valence-electron chi connectivity index (χ0n) is 8.36. The van der Waals surface area contributed by atoms with Crippen molar-refractivity contribution in [2.45, 2.75) is 38.1 Å². The largest absolute Gasteiger partial charge is 0.338 e. The van der Waals surface area contributed by atoms with Crippen LogP contribution in [0, 0.1) is 5.92 Å². The first-order chi connectivity index (χ1) is 6.84. The molecule has 0 aromatic carbocycles. The number of nitrogens with one attached hydrogen (secondary N) is 1. The summed E-state index contributed by atoms with van der Waals surface area (Å²) in [6, 6.07) is 0.310. The second-order valence-electron chi connectivity index (χ2n) is 4.46. The van der Waals surface area contributed by atoms with Gasteiger partial charge in [-0.3, -0.25) is 0 Å². The third kappa shape index (κ3) is 1.34. The van der Waals surface area contributed by atoms with Crippen LogP contribution in [0.2, 0.25) is 0 Å². The summed E-state index contributed by atoms with van der Waals surface area (Å²) < 4.78 is 5.27. The number of nitrogens with zero attached hydrogens (tertiary/aromatic N) is 2. The molecule has 1 aliphatic heterocycles. The number of aromatic nitrogens is 2. The maximum atomic E-state index is 5.27. The smallest absolute Gasteiger partial charge is 0.243 e. The Balaban J connectivity index is 1.76. The first-order valence-electron chi connectivity index (χ1n) is 5.41. The number of hydrogen-bond acceptors (Lipinski definition) is 4. The molecular weight excluding hydrogens is 178 g/mol. The van der Waals surface area contributed by atoms with Gasteiger partial charge in [0.1, 0.15) is 0 Å². The van der Waals surface area contributed by atoms with E-state index in [1.165, 1.54) is 12.8 Å². The van der Waals surface area contributed by atoms with E-state index in [2.05, 4.69) is 22.4 Å². The zero-order chi connectivity index (χ0) is 9.54. The summed E-state index contributed by atoms with van der Waals surface area (Å²) in [5.41, 5.74) is 0. The summed E-state index contributed by atoms with van der Waals surface area (Å²) >= 11 is 0. The van der Waals surface area contributed by atoms with Gasteiger partial charge in [0.2, 0.25) is 5.89 Å². The fourth-order valence-electron chi connectivity index (χ4n) is 2.12. The van der Waals surface area contributed by atoms with Crippen molar-refractivity contribution in [3.63, 3.8) is 0 Å². The molecular formula is C10H15N3O.